The summed E-state index contributed by atoms with van der Waals surface area (Å²) in [7, 11) is 1.37. The average molecular weight is 403 g/mol. The number of esters is 1. The van der Waals surface area contributed by atoms with Crippen molar-refractivity contribution in [3.63, 3.8) is 0 Å². The van der Waals surface area contributed by atoms with Gasteiger partial charge in [-0.2, -0.15) is 0 Å². The molecule has 0 saturated heterocycles. The second-order valence-electron chi connectivity index (χ2n) is 7.32. The van der Waals surface area contributed by atoms with Crippen LogP contribution in [0.4, 0.5) is 0 Å². The first-order valence-electron chi connectivity index (χ1n) is 9.54. The van der Waals surface area contributed by atoms with Crippen molar-refractivity contribution in [2.24, 2.45) is 5.92 Å². The Hall–Kier alpha value is -3.81. The summed E-state index contributed by atoms with van der Waals surface area (Å²) < 4.78 is 6.53. The molecule has 1 unspecified atom stereocenters. The van der Waals surface area contributed by atoms with Gasteiger partial charge in [0, 0.05) is 10.9 Å². The molecule has 0 fully saturated rings. The van der Waals surface area contributed by atoms with Crippen LogP contribution >= 0.6 is 0 Å². The molecule has 8 heteroatoms. The number of benzene rings is 2. The van der Waals surface area contributed by atoms with Gasteiger partial charge in [0.15, 0.2) is 0 Å². The number of fused-ring (bicyclic) bond motifs is 1. The van der Waals surface area contributed by atoms with Crippen LogP contribution in [0.5, 0.6) is 5.75 Å². The monoisotopic (exact) mass is 403 g/mol. The maximum atomic E-state index is 12.1. The lowest BCUT2D eigenvalue weighted by Crippen LogP contribution is -2.20. The molecule has 0 amide bonds. The Labute approximate surface area is 173 Å². The number of carbonyl (C=O) groups excluding carboxylic acids is 1. The second-order valence-corrected chi connectivity index (χ2v) is 7.32. The van der Waals surface area contributed by atoms with Crippen molar-refractivity contribution in [1.29, 1.82) is 0 Å². The number of carbonyl (C=O) groups is 1. The first-order chi connectivity index (χ1) is 14.5. The molecule has 8 nitrogen and oxygen atoms in total. The maximum Gasteiger partial charge on any atom is 0.315 e. The van der Waals surface area contributed by atoms with E-state index in [1.807, 2.05) is 44.2 Å². The molecule has 1 N–H and O–H groups in total. The number of phenolic OH excluding ortho intramolecular Hbond substituents is 1. The quantitative estimate of drug-likeness (QED) is 0.509. The number of phenols is 1. The first-order valence-corrected chi connectivity index (χ1v) is 9.54. The summed E-state index contributed by atoms with van der Waals surface area (Å²) in [6, 6.07) is 14.5. The van der Waals surface area contributed by atoms with Crippen LogP contribution in [0, 0.1) is 5.92 Å². The van der Waals surface area contributed by atoms with Crippen LogP contribution in [0.25, 0.3) is 27.8 Å². The average Bonchev–Trinajstić information content (AvgIpc) is 3.22. The van der Waals surface area contributed by atoms with E-state index in [4.69, 9.17) is 4.74 Å². The molecule has 4 aromatic rings. The maximum absolute atomic E-state index is 12.1. The van der Waals surface area contributed by atoms with E-state index >= 15 is 0 Å². The number of aromatic hydroxyl groups is 1. The molecule has 0 spiro atoms. The summed E-state index contributed by atoms with van der Waals surface area (Å²) in [5, 5.41) is 27.8. The van der Waals surface area contributed by atoms with Crippen molar-refractivity contribution in [1.82, 2.24) is 25.2 Å². The molecule has 4 rings (SSSR count). The van der Waals surface area contributed by atoms with E-state index in [0.717, 1.165) is 11.1 Å². The largest absolute Gasteiger partial charge is 0.507 e. The predicted molar refractivity (Wildman–Crippen MR) is 111 cm³/mol. The van der Waals surface area contributed by atoms with Gasteiger partial charge in [-0.15, -0.1) is 15.3 Å². The molecule has 0 aliphatic heterocycles. The molecule has 2 heterocycles. The number of rotatable bonds is 5. The Kier molecular flexibility index (Phi) is 5.14. The van der Waals surface area contributed by atoms with Gasteiger partial charge in [-0.25, -0.2) is 4.68 Å². The van der Waals surface area contributed by atoms with E-state index in [1.165, 1.54) is 7.11 Å². The Balaban J connectivity index is 1.73. The summed E-state index contributed by atoms with van der Waals surface area (Å²) in [6.45, 7) is 3.88. The third kappa shape index (κ3) is 3.59. The highest BCUT2D eigenvalue weighted by atomic mass is 16.5. The van der Waals surface area contributed by atoms with Gasteiger partial charge in [0.05, 0.1) is 35.9 Å². The number of hydrogen-bond donors (Lipinski definition) is 1. The predicted octanol–water partition coefficient (Wildman–Crippen LogP) is 3.50. The number of nitrogens with zero attached hydrogens (tertiary/aromatic N) is 5. The summed E-state index contributed by atoms with van der Waals surface area (Å²) in [6.07, 6.45) is 1.74. The highest BCUT2D eigenvalue weighted by molar-refractivity contribution is 5.84. The number of methoxy groups -OCH3 is 1. The molecule has 2 aromatic carbocycles. The zero-order valence-electron chi connectivity index (χ0n) is 16.9. The van der Waals surface area contributed by atoms with Crippen LogP contribution in [0.2, 0.25) is 0 Å². The van der Waals surface area contributed by atoms with Crippen LogP contribution in [0.1, 0.15) is 25.5 Å². The van der Waals surface area contributed by atoms with Crippen LogP contribution in [-0.4, -0.2) is 43.4 Å². The molecular formula is C22H21N5O3. The molecule has 0 aliphatic carbocycles. The van der Waals surface area contributed by atoms with E-state index < -0.39 is 5.92 Å². The Morgan fingerprint density at radius 2 is 1.87 bits per heavy atom. The lowest BCUT2D eigenvalue weighted by molar-refractivity contribution is -0.143. The van der Waals surface area contributed by atoms with E-state index in [0.29, 0.717) is 22.5 Å². The van der Waals surface area contributed by atoms with E-state index in [-0.39, 0.29) is 17.6 Å². The summed E-state index contributed by atoms with van der Waals surface area (Å²) in [5.74, 6) is -0.651. The van der Waals surface area contributed by atoms with Crippen molar-refractivity contribution in [2.45, 2.75) is 19.8 Å². The van der Waals surface area contributed by atoms with E-state index in [1.54, 1.807) is 29.1 Å². The highest BCUT2D eigenvalue weighted by Gasteiger charge is 2.28. The van der Waals surface area contributed by atoms with Crippen molar-refractivity contribution in [3.05, 3.63) is 60.4 Å². The minimum atomic E-state index is -0.484. The summed E-state index contributed by atoms with van der Waals surface area (Å²) in [4.78, 5) is 12.1. The van der Waals surface area contributed by atoms with Gasteiger partial charge < -0.3 is 9.84 Å². The minimum Gasteiger partial charge on any atom is -0.507 e. The van der Waals surface area contributed by atoms with Crippen molar-refractivity contribution >= 4 is 16.9 Å². The van der Waals surface area contributed by atoms with Gasteiger partial charge in [0.2, 0.25) is 0 Å². The molecule has 2 aromatic heterocycles. The van der Waals surface area contributed by atoms with Gasteiger partial charge in [-0.3, -0.25) is 4.79 Å². The lowest BCUT2D eigenvalue weighted by atomic mass is 9.93. The molecular weight excluding hydrogens is 382 g/mol. The van der Waals surface area contributed by atoms with Crippen molar-refractivity contribution in [2.75, 3.05) is 7.11 Å². The second kappa shape index (κ2) is 7.90. The molecule has 0 saturated carbocycles. The zero-order chi connectivity index (χ0) is 21.3. The lowest BCUT2D eigenvalue weighted by Gasteiger charge is -2.15. The van der Waals surface area contributed by atoms with Crippen LogP contribution < -0.4 is 0 Å². The fourth-order valence-electron chi connectivity index (χ4n) is 3.40. The zero-order valence-corrected chi connectivity index (χ0v) is 16.9. The van der Waals surface area contributed by atoms with Crippen LogP contribution in [0.15, 0.2) is 54.7 Å². The van der Waals surface area contributed by atoms with Crippen LogP contribution in [0.3, 0.4) is 0 Å². The fraction of sp³-hybridized carbons (Fsp3) is 0.227. The highest BCUT2D eigenvalue weighted by Crippen LogP contribution is 2.29. The van der Waals surface area contributed by atoms with Gasteiger partial charge >= 0.3 is 5.97 Å². The number of ether oxygens (including phenoxy) is 1. The Morgan fingerprint density at radius 3 is 2.60 bits per heavy atom. The SMILES string of the molecule is COC(=O)C(c1cn(-c2ccc3nnc(-c4ccccc4O)cc3c2)nn1)C(C)C. The third-order valence-electron chi connectivity index (χ3n) is 4.96. The molecule has 0 aliphatic rings. The molecule has 30 heavy (non-hydrogen) atoms. The number of aromatic nitrogens is 5. The van der Waals surface area contributed by atoms with Gasteiger partial charge in [-0.1, -0.05) is 31.2 Å². The minimum absolute atomic E-state index is 0.0237. The normalized spacial score (nSPS) is 12.3. The van der Waals surface area contributed by atoms with E-state index in [9.17, 15) is 9.90 Å². The van der Waals surface area contributed by atoms with Gasteiger partial charge in [0.1, 0.15) is 11.7 Å². The van der Waals surface area contributed by atoms with Gasteiger partial charge in [-0.05, 0) is 42.3 Å². The van der Waals surface area contributed by atoms with Crippen molar-refractivity contribution in [3.8, 4) is 22.7 Å². The molecule has 152 valence electrons. The topological polar surface area (TPSA) is 103 Å². The van der Waals surface area contributed by atoms with Crippen molar-refractivity contribution < 1.29 is 14.6 Å². The van der Waals surface area contributed by atoms with Crippen LogP contribution in [-0.2, 0) is 9.53 Å². The fourth-order valence-corrected chi connectivity index (χ4v) is 3.40. The van der Waals surface area contributed by atoms with Gasteiger partial charge in [0.25, 0.3) is 0 Å². The first kappa shape index (κ1) is 19.5. The summed E-state index contributed by atoms with van der Waals surface area (Å²) >= 11 is 0. The third-order valence-corrected chi connectivity index (χ3v) is 4.96. The number of hydrogen-bond acceptors (Lipinski definition) is 7. The molecule has 0 bridgehead atoms. The standard InChI is InChI=1S/C22H21N5O3/c1-13(2)21(22(29)30-3)19-12-27(26-25-19)15-8-9-17-14(10-15)11-18(24-23-17)16-6-4-5-7-20(16)28/h4-13,21,28H,1-3H3. The van der Waals surface area contributed by atoms with E-state index in [2.05, 4.69) is 20.5 Å². The molecule has 0 radical (unpaired) electrons. The number of para-hydroxylation sites is 1. The molecule has 1 atom stereocenters. The summed E-state index contributed by atoms with van der Waals surface area (Å²) in [5.41, 5.74) is 3.22. The smallest absolute Gasteiger partial charge is 0.315 e. The Morgan fingerprint density at radius 1 is 1.07 bits per heavy atom. The Bertz CT molecular complexity index is 1220.